The topological polar surface area (TPSA) is 50.4 Å². The van der Waals surface area contributed by atoms with Gasteiger partial charge >= 0.3 is 6.03 Å². The molecular weight excluding hydrogens is 264 g/mol. The van der Waals surface area contributed by atoms with Crippen molar-refractivity contribution in [3.8, 4) is 11.8 Å². The van der Waals surface area contributed by atoms with Gasteiger partial charge in [0.25, 0.3) is 0 Å². The maximum Gasteiger partial charge on any atom is 0.315 e. The van der Waals surface area contributed by atoms with E-state index in [9.17, 15) is 4.79 Å². The number of ether oxygens (including phenoxy) is 1. The minimum absolute atomic E-state index is 0.173. The van der Waals surface area contributed by atoms with Crippen LogP contribution in [0.25, 0.3) is 0 Å². The van der Waals surface area contributed by atoms with Crippen LogP contribution < -0.4 is 10.6 Å². The average Bonchev–Trinajstić information content (AvgIpc) is 2.54. The van der Waals surface area contributed by atoms with Gasteiger partial charge in [-0.15, -0.1) is 0 Å². The summed E-state index contributed by atoms with van der Waals surface area (Å²) in [5.41, 5.74) is 0.953. The Morgan fingerprint density at radius 3 is 2.86 bits per heavy atom. The van der Waals surface area contributed by atoms with Gasteiger partial charge in [0.15, 0.2) is 0 Å². The molecule has 0 spiro atoms. The molecule has 4 heteroatoms. The Morgan fingerprint density at radius 2 is 2.10 bits per heavy atom. The van der Waals surface area contributed by atoms with Crippen molar-refractivity contribution < 1.29 is 9.53 Å². The van der Waals surface area contributed by atoms with E-state index in [0.29, 0.717) is 19.2 Å². The van der Waals surface area contributed by atoms with E-state index >= 15 is 0 Å². The Hall–Kier alpha value is -1.99. The number of carbonyl (C=O) groups excluding carboxylic acids is 1. The van der Waals surface area contributed by atoms with Gasteiger partial charge in [-0.05, 0) is 37.8 Å². The smallest absolute Gasteiger partial charge is 0.315 e. The van der Waals surface area contributed by atoms with Crippen molar-refractivity contribution >= 4 is 6.03 Å². The molecule has 1 atom stereocenters. The van der Waals surface area contributed by atoms with Crippen molar-refractivity contribution in [3.05, 3.63) is 35.9 Å². The number of rotatable bonds is 4. The van der Waals surface area contributed by atoms with E-state index in [0.717, 1.165) is 31.4 Å². The van der Waals surface area contributed by atoms with Gasteiger partial charge in [-0.2, -0.15) is 0 Å². The molecule has 1 aliphatic heterocycles. The molecule has 0 bridgehead atoms. The number of urea groups is 1. The van der Waals surface area contributed by atoms with Crippen LogP contribution >= 0.6 is 0 Å². The summed E-state index contributed by atoms with van der Waals surface area (Å²) in [5, 5.41) is 5.56. The molecule has 2 rings (SSSR count). The summed E-state index contributed by atoms with van der Waals surface area (Å²) in [6.07, 6.45) is 4.67. The van der Waals surface area contributed by atoms with E-state index in [1.165, 1.54) is 6.42 Å². The number of hydrogen-bond acceptors (Lipinski definition) is 2. The molecular formula is C17H22N2O2. The summed E-state index contributed by atoms with van der Waals surface area (Å²) in [6, 6.07) is 9.55. The lowest BCUT2D eigenvalue weighted by Gasteiger charge is -2.22. The third kappa shape index (κ3) is 6.33. The number of carbonyl (C=O) groups is 1. The Balaban J connectivity index is 1.56. The molecule has 1 heterocycles. The molecule has 0 radical (unpaired) electrons. The first-order valence-electron chi connectivity index (χ1n) is 7.52. The summed E-state index contributed by atoms with van der Waals surface area (Å²) in [7, 11) is 0. The minimum Gasteiger partial charge on any atom is -0.378 e. The highest BCUT2D eigenvalue weighted by Crippen LogP contribution is 2.14. The second-order valence-corrected chi connectivity index (χ2v) is 5.05. The van der Waals surface area contributed by atoms with Gasteiger partial charge in [-0.25, -0.2) is 4.79 Å². The molecule has 0 unspecified atom stereocenters. The highest BCUT2D eigenvalue weighted by atomic mass is 16.5. The van der Waals surface area contributed by atoms with E-state index in [1.54, 1.807) is 0 Å². The molecule has 1 aliphatic rings. The Labute approximate surface area is 126 Å². The van der Waals surface area contributed by atoms with Gasteiger partial charge in [-0.3, -0.25) is 0 Å². The Bertz CT molecular complexity index is 485. The fourth-order valence-electron chi connectivity index (χ4n) is 2.24. The first kappa shape index (κ1) is 15.4. The van der Waals surface area contributed by atoms with Crippen molar-refractivity contribution in [1.82, 2.24) is 10.6 Å². The molecule has 1 fully saturated rings. The number of amides is 2. The zero-order valence-electron chi connectivity index (χ0n) is 12.2. The van der Waals surface area contributed by atoms with Crippen LogP contribution in [0.1, 0.15) is 31.2 Å². The molecule has 1 aromatic rings. The Kier molecular flexibility index (Phi) is 6.63. The van der Waals surface area contributed by atoms with Crippen LogP contribution in [0, 0.1) is 11.8 Å². The second-order valence-electron chi connectivity index (χ2n) is 5.05. The fourth-order valence-corrected chi connectivity index (χ4v) is 2.24. The minimum atomic E-state index is -0.173. The third-order valence-electron chi connectivity index (χ3n) is 3.37. The molecule has 0 aliphatic carbocycles. The quantitative estimate of drug-likeness (QED) is 0.834. The lowest BCUT2D eigenvalue weighted by atomic mass is 10.1. The van der Waals surface area contributed by atoms with Gasteiger partial charge in [0.05, 0.1) is 12.6 Å². The predicted molar refractivity (Wildman–Crippen MR) is 82.9 cm³/mol. The molecule has 112 valence electrons. The van der Waals surface area contributed by atoms with Crippen LogP contribution in [-0.4, -0.2) is 31.8 Å². The molecule has 1 aromatic carbocycles. The lowest BCUT2D eigenvalue weighted by Crippen LogP contribution is -2.37. The van der Waals surface area contributed by atoms with E-state index in [-0.39, 0.29) is 6.03 Å². The molecule has 0 saturated carbocycles. The number of nitrogens with one attached hydrogen (secondary N) is 2. The number of benzene rings is 1. The number of hydrogen-bond donors (Lipinski definition) is 2. The SMILES string of the molecule is O=C(NCC#Cc1ccccc1)NCC[C@@H]1CCCCO1. The van der Waals surface area contributed by atoms with E-state index < -0.39 is 0 Å². The van der Waals surface area contributed by atoms with Crippen molar-refractivity contribution in [2.24, 2.45) is 0 Å². The highest BCUT2D eigenvalue weighted by molar-refractivity contribution is 5.74. The predicted octanol–water partition coefficient (Wildman–Crippen LogP) is 2.30. The van der Waals surface area contributed by atoms with E-state index in [2.05, 4.69) is 22.5 Å². The first-order chi connectivity index (χ1) is 10.3. The van der Waals surface area contributed by atoms with E-state index in [1.807, 2.05) is 30.3 Å². The lowest BCUT2D eigenvalue weighted by molar-refractivity contribution is 0.0120. The zero-order chi connectivity index (χ0) is 14.8. The maximum atomic E-state index is 11.6. The summed E-state index contributed by atoms with van der Waals surface area (Å²) in [4.78, 5) is 11.6. The van der Waals surface area contributed by atoms with Gasteiger partial charge < -0.3 is 15.4 Å². The normalized spacial score (nSPS) is 17.4. The van der Waals surface area contributed by atoms with Gasteiger partial charge in [0.1, 0.15) is 0 Å². The van der Waals surface area contributed by atoms with Crippen LogP contribution in [0.4, 0.5) is 4.79 Å². The standard InChI is InChI=1S/C17H22N2O2/c20-17(19-13-11-16-10-4-5-14-21-16)18-12-6-9-15-7-2-1-3-8-15/h1-3,7-8,16H,4-5,10-14H2,(H2,18,19,20)/t16-/m0/s1. The fraction of sp³-hybridized carbons (Fsp3) is 0.471. The summed E-state index contributed by atoms with van der Waals surface area (Å²) < 4.78 is 5.61. The van der Waals surface area contributed by atoms with Gasteiger partial charge in [0, 0.05) is 18.7 Å². The van der Waals surface area contributed by atoms with Crippen molar-refractivity contribution in [1.29, 1.82) is 0 Å². The second kappa shape index (κ2) is 9.04. The molecule has 21 heavy (non-hydrogen) atoms. The van der Waals surface area contributed by atoms with Gasteiger partial charge in [0.2, 0.25) is 0 Å². The molecule has 4 nitrogen and oxygen atoms in total. The van der Waals surface area contributed by atoms with Crippen LogP contribution in [0.2, 0.25) is 0 Å². The van der Waals surface area contributed by atoms with Crippen LogP contribution in [-0.2, 0) is 4.74 Å². The van der Waals surface area contributed by atoms with Crippen molar-refractivity contribution in [2.45, 2.75) is 31.8 Å². The molecule has 1 saturated heterocycles. The summed E-state index contributed by atoms with van der Waals surface area (Å²) >= 11 is 0. The largest absolute Gasteiger partial charge is 0.378 e. The first-order valence-corrected chi connectivity index (χ1v) is 7.52. The maximum absolute atomic E-state index is 11.6. The van der Waals surface area contributed by atoms with Crippen molar-refractivity contribution in [3.63, 3.8) is 0 Å². The van der Waals surface area contributed by atoms with E-state index in [4.69, 9.17) is 4.74 Å². The van der Waals surface area contributed by atoms with Crippen molar-refractivity contribution in [2.75, 3.05) is 19.7 Å². The van der Waals surface area contributed by atoms with Gasteiger partial charge in [-0.1, -0.05) is 30.0 Å². The third-order valence-corrected chi connectivity index (χ3v) is 3.37. The van der Waals surface area contributed by atoms with Crippen LogP contribution in [0.3, 0.4) is 0 Å². The summed E-state index contributed by atoms with van der Waals surface area (Å²) in [6.45, 7) is 1.84. The summed E-state index contributed by atoms with van der Waals surface area (Å²) in [5.74, 6) is 5.92. The molecule has 2 N–H and O–H groups in total. The molecule has 2 amide bonds. The average molecular weight is 286 g/mol. The highest BCUT2D eigenvalue weighted by Gasteiger charge is 2.13. The molecule has 0 aromatic heterocycles. The van der Waals surface area contributed by atoms with Crippen LogP contribution in [0.15, 0.2) is 30.3 Å². The Morgan fingerprint density at radius 1 is 1.24 bits per heavy atom. The van der Waals surface area contributed by atoms with Crippen LogP contribution in [0.5, 0.6) is 0 Å². The monoisotopic (exact) mass is 286 g/mol. The zero-order valence-corrected chi connectivity index (χ0v) is 12.2.